The van der Waals surface area contributed by atoms with Crippen molar-refractivity contribution < 1.29 is 4.79 Å². The van der Waals surface area contributed by atoms with Crippen molar-refractivity contribution in [3.63, 3.8) is 0 Å². The lowest BCUT2D eigenvalue weighted by molar-refractivity contribution is -0.131. The normalized spacial score (nSPS) is 15.8. The topological polar surface area (TPSA) is 50.2 Å². The van der Waals surface area contributed by atoms with E-state index in [2.05, 4.69) is 28.7 Å². The molecule has 1 fully saturated rings. The third kappa shape index (κ3) is 4.07. The molecule has 0 atom stereocenters. The highest BCUT2D eigenvalue weighted by atomic mass is 16.2. The summed E-state index contributed by atoms with van der Waals surface area (Å²) in [6, 6.07) is 0.421. The lowest BCUT2D eigenvalue weighted by atomic mass is 10.1. The number of hydrogen-bond acceptors (Lipinski definition) is 3. The Morgan fingerprint density at radius 2 is 2.10 bits per heavy atom. The SMILES string of the molecule is CC(C)n1cncc1CNCCC(=O)N1CCCCC1. The third-order valence-electron chi connectivity index (χ3n) is 3.83. The fourth-order valence-corrected chi connectivity index (χ4v) is 2.65. The number of hydrogen-bond donors (Lipinski definition) is 1. The fraction of sp³-hybridized carbons (Fsp3) is 0.733. The summed E-state index contributed by atoms with van der Waals surface area (Å²) in [5, 5.41) is 3.34. The lowest BCUT2D eigenvalue weighted by Crippen LogP contribution is -2.37. The molecule has 0 spiro atoms. The van der Waals surface area contributed by atoms with E-state index in [1.165, 1.54) is 12.1 Å². The molecule has 0 aliphatic carbocycles. The number of nitrogens with one attached hydrogen (secondary N) is 1. The highest BCUT2D eigenvalue weighted by molar-refractivity contribution is 5.76. The van der Waals surface area contributed by atoms with Crippen LogP contribution in [0.3, 0.4) is 0 Å². The number of nitrogens with zero attached hydrogens (tertiary/aromatic N) is 3. The van der Waals surface area contributed by atoms with Crippen molar-refractivity contribution in [3.8, 4) is 0 Å². The van der Waals surface area contributed by atoms with Gasteiger partial charge in [0, 0.05) is 44.8 Å². The average Bonchev–Trinajstić information content (AvgIpc) is 2.93. The second kappa shape index (κ2) is 7.43. The number of piperidine rings is 1. The van der Waals surface area contributed by atoms with Crippen LogP contribution in [0.25, 0.3) is 0 Å². The molecule has 0 bridgehead atoms. The molecule has 20 heavy (non-hydrogen) atoms. The van der Waals surface area contributed by atoms with Crippen LogP contribution in [-0.2, 0) is 11.3 Å². The monoisotopic (exact) mass is 278 g/mol. The fourth-order valence-electron chi connectivity index (χ4n) is 2.65. The van der Waals surface area contributed by atoms with E-state index in [-0.39, 0.29) is 5.91 Å². The van der Waals surface area contributed by atoms with E-state index >= 15 is 0 Å². The van der Waals surface area contributed by atoms with Crippen LogP contribution in [0.15, 0.2) is 12.5 Å². The summed E-state index contributed by atoms with van der Waals surface area (Å²) >= 11 is 0. The largest absolute Gasteiger partial charge is 0.343 e. The summed E-state index contributed by atoms with van der Waals surface area (Å²) in [4.78, 5) is 18.2. The Balaban J connectivity index is 1.68. The number of amides is 1. The van der Waals surface area contributed by atoms with Gasteiger partial charge in [-0.15, -0.1) is 0 Å². The first-order valence-corrected chi connectivity index (χ1v) is 7.67. The predicted molar refractivity (Wildman–Crippen MR) is 79.4 cm³/mol. The van der Waals surface area contributed by atoms with Gasteiger partial charge in [-0.3, -0.25) is 4.79 Å². The Morgan fingerprint density at radius 3 is 2.80 bits per heavy atom. The smallest absolute Gasteiger partial charge is 0.223 e. The molecule has 1 saturated heterocycles. The molecule has 1 aromatic rings. The summed E-state index contributed by atoms with van der Waals surface area (Å²) in [6.45, 7) is 7.68. The van der Waals surface area contributed by atoms with Crippen LogP contribution in [0.2, 0.25) is 0 Å². The molecule has 0 radical (unpaired) electrons. The van der Waals surface area contributed by atoms with Gasteiger partial charge in [0.1, 0.15) is 0 Å². The van der Waals surface area contributed by atoms with Crippen LogP contribution in [0.4, 0.5) is 0 Å². The maximum absolute atomic E-state index is 12.0. The number of likely N-dealkylation sites (tertiary alicyclic amines) is 1. The molecule has 5 nitrogen and oxygen atoms in total. The molecule has 5 heteroatoms. The Bertz CT molecular complexity index is 421. The number of carbonyl (C=O) groups is 1. The van der Waals surface area contributed by atoms with Crippen LogP contribution in [0.1, 0.15) is 51.3 Å². The van der Waals surface area contributed by atoms with Crippen molar-refractivity contribution in [2.45, 2.75) is 52.1 Å². The average molecular weight is 278 g/mol. The van der Waals surface area contributed by atoms with E-state index in [1.54, 1.807) is 0 Å². The molecule has 1 aliphatic heterocycles. The number of rotatable bonds is 6. The standard InChI is InChI=1S/C15H26N4O/c1-13(2)19-12-17-11-14(19)10-16-7-6-15(20)18-8-4-3-5-9-18/h11-13,16H,3-10H2,1-2H3. The maximum atomic E-state index is 12.0. The van der Waals surface area contributed by atoms with Gasteiger partial charge in [0.25, 0.3) is 0 Å². The van der Waals surface area contributed by atoms with Crippen LogP contribution in [0.5, 0.6) is 0 Å². The molecule has 1 aliphatic rings. The molecular weight excluding hydrogens is 252 g/mol. The van der Waals surface area contributed by atoms with Gasteiger partial charge >= 0.3 is 0 Å². The zero-order chi connectivity index (χ0) is 14.4. The van der Waals surface area contributed by atoms with Gasteiger partial charge < -0.3 is 14.8 Å². The van der Waals surface area contributed by atoms with Crippen molar-refractivity contribution in [2.24, 2.45) is 0 Å². The lowest BCUT2D eigenvalue weighted by Gasteiger charge is -2.26. The number of aromatic nitrogens is 2. The summed E-state index contributed by atoms with van der Waals surface area (Å²) in [5.41, 5.74) is 1.17. The quantitative estimate of drug-likeness (QED) is 0.809. The van der Waals surface area contributed by atoms with E-state index in [0.29, 0.717) is 12.5 Å². The summed E-state index contributed by atoms with van der Waals surface area (Å²) in [7, 11) is 0. The molecule has 0 aromatic carbocycles. The number of imidazole rings is 1. The second-order valence-electron chi connectivity index (χ2n) is 5.75. The highest BCUT2D eigenvalue weighted by Crippen LogP contribution is 2.10. The molecule has 0 unspecified atom stereocenters. The Hall–Kier alpha value is -1.36. The van der Waals surface area contributed by atoms with Gasteiger partial charge in [-0.05, 0) is 33.1 Å². The van der Waals surface area contributed by atoms with Gasteiger partial charge in [0.2, 0.25) is 5.91 Å². The van der Waals surface area contributed by atoms with E-state index in [4.69, 9.17) is 0 Å². The van der Waals surface area contributed by atoms with Gasteiger partial charge in [-0.1, -0.05) is 0 Å². The Labute approximate surface area is 121 Å². The molecule has 2 rings (SSSR count). The minimum Gasteiger partial charge on any atom is -0.343 e. The molecule has 112 valence electrons. The van der Waals surface area contributed by atoms with Gasteiger partial charge in [-0.2, -0.15) is 0 Å². The van der Waals surface area contributed by atoms with Crippen molar-refractivity contribution in [1.82, 2.24) is 19.8 Å². The van der Waals surface area contributed by atoms with Crippen molar-refractivity contribution >= 4 is 5.91 Å². The number of carbonyl (C=O) groups excluding carboxylic acids is 1. The van der Waals surface area contributed by atoms with Crippen molar-refractivity contribution in [1.29, 1.82) is 0 Å². The first-order valence-electron chi connectivity index (χ1n) is 7.67. The summed E-state index contributed by atoms with van der Waals surface area (Å²) in [5.74, 6) is 0.287. The Kier molecular flexibility index (Phi) is 5.59. The van der Waals surface area contributed by atoms with Crippen molar-refractivity contribution in [2.75, 3.05) is 19.6 Å². The van der Waals surface area contributed by atoms with Crippen molar-refractivity contribution in [3.05, 3.63) is 18.2 Å². The third-order valence-corrected chi connectivity index (χ3v) is 3.83. The van der Waals surface area contributed by atoms with Gasteiger partial charge in [0.05, 0.1) is 12.0 Å². The Morgan fingerprint density at radius 1 is 1.35 bits per heavy atom. The minimum atomic E-state index is 0.287. The first kappa shape index (κ1) is 15.0. The van der Waals surface area contributed by atoms with E-state index in [0.717, 1.165) is 39.0 Å². The second-order valence-corrected chi connectivity index (χ2v) is 5.75. The van der Waals surface area contributed by atoms with E-state index in [1.807, 2.05) is 17.4 Å². The molecule has 1 aromatic heterocycles. The van der Waals surface area contributed by atoms with Crippen LogP contribution < -0.4 is 5.32 Å². The van der Waals surface area contributed by atoms with E-state index < -0.39 is 0 Å². The van der Waals surface area contributed by atoms with Gasteiger partial charge in [0.15, 0.2) is 0 Å². The summed E-state index contributed by atoms with van der Waals surface area (Å²) in [6.07, 6.45) is 7.93. The van der Waals surface area contributed by atoms with Crippen LogP contribution in [-0.4, -0.2) is 40.0 Å². The predicted octanol–water partition coefficient (Wildman–Crippen LogP) is 1.96. The zero-order valence-electron chi connectivity index (χ0n) is 12.6. The first-order chi connectivity index (χ1) is 9.68. The van der Waals surface area contributed by atoms with Crippen LogP contribution in [0, 0.1) is 0 Å². The molecule has 1 amide bonds. The van der Waals surface area contributed by atoms with Gasteiger partial charge in [-0.25, -0.2) is 4.98 Å². The minimum absolute atomic E-state index is 0.287. The molecule has 0 saturated carbocycles. The highest BCUT2D eigenvalue weighted by Gasteiger charge is 2.15. The molecule has 2 heterocycles. The molecular formula is C15H26N4O. The summed E-state index contributed by atoms with van der Waals surface area (Å²) < 4.78 is 2.15. The van der Waals surface area contributed by atoms with E-state index in [9.17, 15) is 4.79 Å². The maximum Gasteiger partial charge on any atom is 0.223 e. The van der Waals surface area contributed by atoms with Crippen LogP contribution >= 0.6 is 0 Å². The molecule has 1 N–H and O–H groups in total. The zero-order valence-corrected chi connectivity index (χ0v) is 12.6.